The Morgan fingerprint density at radius 1 is 1.10 bits per heavy atom. The Balaban J connectivity index is 2.12. The number of nitrogens with two attached hydrogens (primary N) is 1. The second-order valence-electron chi connectivity index (χ2n) is 3.78. The van der Waals surface area contributed by atoms with E-state index in [9.17, 15) is 13.2 Å². The minimum atomic E-state index is -4.39. The number of rotatable bonds is 3. The molecule has 0 atom stereocenters. The van der Waals surface area contributed by atoms with Crippen LogP contribution < -0.4 is 10.5 Å². The standard InChI is InChI=1S/C12H9F3N4O/c13-12(14,15)7-1-3-8(4-2-7)20-10-6-18-9(5-19-10)11(16)17/h1-6H,(H3,16,17). The molecular weight excluding hydrogens is 273 g/mol. The lowest BCUT2D eigenvalue weighted by atomic mass is 10.2. The Kier molecular flexibility index (Phi) is 3.55. The molecule has 8 heteroatoms. The molecule has 5 nitrogen and oxygen atoms in total. The molecule has 0 fully saturated rings. The zero-order valence-electron chi connectivity index (χ0n) is 9.98. The first kappa shape index (κ1) is 13.8. The van der Waals surface area contributed by atoms with Gasteiger partial charge in [-0.2, -0.15) is 13.2 Å². The number of nitrogens with one attached hydrogen (secondary N) is 1. The minimum absolute atomic E-state index is 0.0924. The number of alkyl halides is 3. The highest BCUT2D eigenvalue weighted by molar-refractivity contribution is 5.92. The van der Waals surface area contributed by atoms with Gasteiger partial charge in [-0.15, -0.1) is 0 Å². The molecule has 0 unspecified atom stereocenters. The van der Waals surface area contributed by atoms with Crippen molar-refractivity contribution in [3.8, 4) is 11.6 Å². The maximum Gasteiger partial charge on any atom is 0.416 e. The molecule has 0 bridgehead atoms. The summed E-state index contributed by atoms with van der Waals surface area (Å²) in [7, 11) is 0. The highest BCUT2D eigenvalue weighted by atomic mass is 19.4. The largest absolute Gasteiger partial charge is 0.438 e. The van der Waals surface area contributed by atoms with Crippen LogP contribution in [-0.2, 0) is 6.18 Å². The average Bonchev–Trinajstić information content (AvgIpc) is 2.39. The fourth-order valence-electron chi connectivity index (χ4n) is 1.34. The smallest absolute Gasteiger partial charge is 0.416 e. The molecule has 20 heavy (non-hydrogen) atoms. The van der Waals surface area contributed by atoms with E-state index in [1.165, 1.54) is 24.5 Å². The predicted molar refractivity (Wildman–Crippen MR) is 64.6 cm³/mol. The van der Waals surface area contributed by atoms with Crippen LogP contribution in [0.2, 0.25) is 0 Å². The number of halogens is 3. The number of ether oxygens (including phenoxy) is 1. The van der Waals surface area contributed by atoms with Crippen LogP contribution in [0.25, 0.3) is 0 Å². The van der Waals surface area contributed by atoms with Crippen molar-refractivity contribution < 1.29 is 17.9 Å². The fourth-order valence-corrected chi connectivity index (χ4v) is 1.34. The maximum atomic E-state index is 12.4. The first-order valence-electron chi connectivity index (χ1n) is 5.38. The molecule has 3 N–H and O–H groups in total. The molecule has 0 amide bonds. The van der Waals surface area contributed by atoms with Gasteiger partial charge in [-0.05, 0) is 24.3 Å². The van der Waals surface area contributed by atoms with Gasteiger partial charge in [-0.3, -0.25) is 5.41 Å². The van der Waals surface area contributed by atoms with E-state index in [1.807, 2.05) is 0 Å². The number of nitrogens with zero attached hydrogens (tertiary/aromatic N) is 2. The normalized spacial score (nSPS) is 11.2. The molecule has 0 spiro atoms. The lowest BCUT2D eigenvalue weighted by Gasteiger charge is -2.08. The lowest BCUT2D eigenvalue weighted by molar-refractivity contribution is -0.137. The van der Waals surface area contributed by atoms with Crippen molar-refractivity contribution in [2.75, 3.05) is 0 Å². The van der Waals surface area contributed by atoms with Gasteiger partial charge in [0.05, 0.1) is 18.0 Å². The zero-order chi connectivity index (χ0) is 14.8. The van der Waals surface area contributed by atoms with E-state index in [-0.39, 0.29) is 23.2 Å². The van der Waals surface area contributed by atoms with Gasteiger partial charge in [0.25, 0.3) is 0 Å². The van der Waals surface area contributed by atoms with E-state index >= 15 is 0 Å². The van der Waals surface area contributed by atoms with E-state index in [2.05, 4.69) is 9.97 Å². The van der Waals surface area contributed by atoms with E-state index < -0.39 is 11.7 Å². The van der Waals surface area contributed by atoms with Crippen LogP contribution in [0.4, 0.5) is 13.2 Å². The molecule has 1 aromatic carbocycles. The van der Waals surface area contributed by atoms with Crippen molar-refractivity contribution in [1.82, 2.24) is 9.97 Å². The van der Waals surface area contributed by atoms with Crippen molar-refractivity contribution in [3.63, 3.8) is 0 Å². The van der Waals surface area contributed by atoms with Crippen molar-refractivity contribution in [1.29, 1.82) is 5.41 Å². The summed E-state index contributed by atoms with van der Waals surface area (Å²) in [6, 6.07) is 4.19. The Morgan fingerprint density at radius 2 is 1.75 bits per heavy atom. The fraction of sp³-hybridized carbons (Fsp3) is 0.0833. The first-order chi connectivity index (χ1) is 9.36. The van der Waals surface area contributed by atoms with Crippen LogP contribution in [0, 0.1) is 5.41 Å². The van der Waals surface area contributed by atoms with Gasteiger partial charge in [0, 0.05) is 0 Å². The Morgan fingerprint density at radius 3 is 2.20 bits per heavy atom. The van der Waals surface area contributed by atoms with Crippen molar-refractivity contribution in [3.05, 3.63) is 47.9 Å². The summed E-state index contributed by atoms with van der Waals surface area (Å²) in [4.78, 5) is 7.65. The number of hydrogen-bond acceptors (Lipinski definition) is 4. The van der Waals surface area contributed by atoms with E-state index in [0.717, 1.165) is 12.1 Å². The summed E-state index contributed by atoms with van der Waals surface area (Å²) in [5, 5.41) is 7.14. The Labute approximate surface area is 111 Å². The summed E-state index contributed by atoms with van der Waals surface area (Å²) in [6.07, 6.45) is -1.92. The van der Waals surface area contributed by atoms with E-state index in [1.54, 1.807) is 0 Å². The Hall–Kier alpha value is -2.64. The molecule has 0 radical (unpaired) electrons. The van der Waals surface area contributed by atoms with Crippen LogP contribution in [0.15, 0.2) is 36.7 Å². The molecule has 0 saturated carbocycles. The van der Waals surface area contributed by atoms with Gasteiger partial charge in [0.2, 0.25) is 5.88 Å². The first-order valence-corrected chi connectivity index (χ1v) is 5.38. The van der Waals surface area contributed by atoms with E-state index in [0.29, 0.717) is 0 Å². The molecule has 0 aliphatic heterocycles. The quantitative estimate of drug-likeness (QED) is 0.669. The van der Waals surface area contributed by atoms with Crippen molar-refractivity contribution >= 4 is 5.84 Å². The minimum Gasteiger partial charge on any atom is -0.438 e. The second kappa shape index (κ2) is 5.16. The molecule has 104 valence electrons. The molecule has 2 aromatic rings. The SMILES string of the molecule is N=C(N)c1cnc(Oc2ccc(C(F)(F)F)cc2)cn1. The predicted octanol–water partition coefficient (Wildman–Crippen LogP) is 2.57. The summed E-state index contributed by atoms with van der Waals surface area (Å²) < 4.78 is 42.3. The number of benzene rings is 1. The molecule has 0 saturated heterocycles. The Bertz CT molecular complexity index is 608. The second-order valence-corrected chi connectivity index (χ2v) is 3.78. The third kappa shape index (κ3) is 3.22. The molecule has 1 heterocycles. The van der Waals surface area contributed by atoms with Crippen LogP contribution in [0.5, 0.6) is 11.6 Å². The number of amidine groups is 1. The number of nitrogen functional groups attached to an aromatic ring is 1. The topological polar surface area (TPSA) is 84.9 Å². The van der Waals surface area contributed by atoms with Gasteiger partial charge in [-0.25, -0.2) is 9.97 Å². The van der Waals surface area contributed by atoms with Gasteiger partial charge in [0.15, 0.2) is 0 Å². The van der Waals surface area contributed by atoms with Crippen molar-refractivity contribution in [2.45, 2.75) is 6.18 Å². The van der Waals surface area contributed by atoms with Crippen LogP contribution in [0.1, 0.15) is 11.3 Å². The van der Waals surface area contributed by atoms with Gasteiger partial charge >= 0.3 is 6.18 Å². The highest BCUT2D eigenvalue weighted by Gasteiger charge is 2.30. The van der Waals surface area contributed by atoms with Gasteiger partial charge in [-0.1, -0.05) is 0 Å². The van der Waals surface area contributed by atoms with E-state index in [4.69, 9.17) is 15.9 Å². The number of hydrogen-bond donors (Lipinski definition) is 2. The highest BCUT2D eigenvalue weighted by Crippen LogP contribution is 2.30. The summed E-state index contributed by atoms with van der Waals surface area (Å²) in [5.74, 6) is 0.0520. The molecule has 1 aromatic heterocycles. The zero-order valence-corrected chi connectivity index (χ0v) is 9.98. The third-order valence-electron chi connectivity index (χ3n) is 2.31. The van der Waals surface area contributed by atoms with Crippen molar-refractivity contribution in [2.24, 2.45) is 5.73 Å². The average molecular weight is 282 g/mol. The molecule has 2 rings (SSSR count). The van der Waals surface area contributed by atoms with Gasteiger partial charge < -0.3 is 10.5 Å². The van der Waals surface area contributed by atoms with Crippen LogP contribution >= 0.6 is 0 Å². The molecule has 0 aliphatic carbocycles. The maximum absolute atomic E-state index is 12.4. The summed E-state index contributed by atoms with van der Waals surface area (Å²) in [6.45, 7) is 0. The lowest BCUT2D eigenvalue weighted by Crippen LogP contribution is -2.13. The summed E-state index contributed by atoms with van der Waals surface area (Å²) in [5.41, 5.74) is 4.63. The monoisotopic (exact) mass is 282 g/mol. The van der Waals surface area contributed by atoms with Gasteiger partial charge in [0.1, 0.15) is 17.3 Å². The molecular formula is C12H9F3N4O. The third-order valence-corrected chi connectivity index (χ3v) is 2.31. The summed E-state index contributed by atoms with van der Waals surface area (Å²) >= 11 is 0. The van der Waals surface area contributed by atoms with Crippen LogP contribution in [-0.4, -0.2) is 15.8 Å². The number of aromatic nitrogens is 2. The van der Waals surface area contributed by atoms with Crippen LogP contribution in [0.3, 0.4) is 0 Å². The molecule has 0 aliphatic rings.